The molecule has 3 heterocycles. The van der Waals surface area contributed by atoms with E-state index in [0.717, 1.165) is 0 Å². The molecule has 3 heteroatoms. The van der Waals surface area contributed by atoms with E-state index in [0.29, 0.717) is 0 Å². The van der Waals surface area contributed by atoms with Crippen LogP contribution in [0.5, 0.6) is 0 Å². The minimum atomic E-state index is 1.20. The first kappa shape index (κ1) is 21.5. The van der Waals surface area contributed by atoms with Gasteiger partial charge in [0.2, 0.25) is 0 Å². The monoisotopic (exact) mass is 531 g/mol. The van der Waals surface area contributed by atoms with Crippen molar-refractivity contribution in [2.75, 3.05) is 0 Å². The van der Waals surface area contributed by atoms with Gasteiger partial charge in [-0.1, -0.05) is 78.9 Å². The number of nitrogens with zero attached hydrogens (tertiary/aromatic N) is 1. The average Bonchev–Trinajstić information content (AvgIpc) is 3.64. The number of fused-ring (bicyclic) bond motifs is 9. The van der Waals surface area contributed by atoms with Crippen LogP contribution >= 0.6 is 22.7 Å². The van der Waals surface area contributed by atoms with E-state index < -0.39 is 0 Å². The molecule has 0 amide bonds. The Kier molecular flexibility index (Phi) is 4.43. The molecule has 9 aromatic rings. The molecule has 0 saturated carbocycles. The van der Waals surface area contributed by atoms with Gasteiger partial charge in [0, 0.05) is 41.3 Å². The van der Waals surface area contributed by atoms with Crippen molar-refractivity contribution in [3.63, 3.8) is 0 Å². The van der Waals surface area contributed by atoms with Crippen molar-refractivity contribution in [3.8, 4) is 16.8 Å². The molecular weight excluding hydrogens is 511 g/mol. The fourth-order valence-electron chi connectivity index (χ4n) is 6.14. The highest BCUT2D eigenvalue weighted by Gasteiger charge is 2.19. The summed E-state index contributed by atoms with van der Waals surface area (Å²) in [6, 6.07) is 46.9. The Morgan fingerprint density at radius 1 is 0.436 bits per heavy atom. The van der Waals surface area contributed by atoms with Crippen molar-refractivity contribution >= 4 is 84.8 Å². The molecule has 6 aromatic carbocycles. The zero-order valence-corrected chi connectivity index (χ0v) is 22.5. The molecule has 0 aliphatic rings. The van der Waals surface area contributed by atoms with Crippen LogP contribution in [0.1, 0.15) is 0 Å². The smallest absolute Gasteiger partial charge is 0.0727 e. The lowest BCUT2D eigenvalue weighted by molar-refractivity contribution is 1.19. The molecule has 0 aliphatic carbocycles. The van der Waals surface area contributed by atoms with Crippen molar-refractivity contribution in [1.82, 2.24) is 4.57 Å². The number of rotatable bonds is 2. The number of para-hydroxylation sites is 1. The van der Waals surface area contributed by atoms with Crippen molar-refractivity contribution in [3.05, 3.63) is 127 Å². The second-order valence-electron chi connectivity index (χ2n) is 10.2. The van der Waals surface area contributed by atoms with E-state index in [9.17, 15) is 0 Å². The van der Waals surface area contributed by atoms with Gasteiger partial charge in [0.05, 0.1) is 15.7 Å². The van der Waals surface area contributed by atoms with Gasteiger partial charge in [-0.05, 0) is 70.4 Å². The summed E-state index contributed by atoms with van der Waals surface area (Å²) in [7, 11) is 0. The van der Waals surface area contributed by atoms with Crippen LogP contribution in [0, 0.1) is 0 Å². The molecule has 9 rings (SSSR count). The van der Waals surface area contributed by atoms with Crippen molar-refractivity contribution in [2.45, 2.75) is 0 Å². The van der Waals surface area contributed by atoms with E-state index >= 15 is 0 Å². The SMILES string of the molecule is c1ccc(-n2c3cc4ccccc4cc3c3sc4ccc(-c5ccc6c(c5)sc5ccccc56)cc4c32)cc1. The highest BCUT2D eigenvalue weighted by molar-refractivity contribution is 7.27. The molecule has 0 aliphatic heterocycles. The highest BCUT2D eigenvalue weighted by atomic mass is 32.1. The number of aromatic nitrogens is 1. The maximum Gasteiger partial charge on any atom is 0.0727 e. The van der Waals surface area contributed by atoms with E-state index in [1.165, 1.54) is 79.0 Å². The standard InChI is InChI=1S/C36H21NS2/c1-2-10-26(11-3-1)37-31-20-23-9-5-4-8-22(23)18-29(31)36-35(37)30-19-24(15-17-33(30)39-36)25-14-16-28-27-12-6-7-13-32(27)38-34(28)21-25/h1-21H. The topological polar surface area (TPSA) is 4.93 Å². The first-order valence-electron chi connectivity index (χ1n) is 13.2. The van der Waals surface area contributed by atoms with Gasteiger partial charge < -0.3 is 4.57 Å². The Hall–Kier alpha value is -4.44. The lowest BCUT2D eigenvalue weighted by Gasteiger charge is -2.09. The summed E-state index contributed by atoms with van der Waals surface area (Å²) in [5.74, 6) is 0. The van der Waals surface area contributed by atoms with Crippen LogP contribution in [0.2, 0.25) is 0 Å². The molecule has 0 atom stereocenters. The summed E-state index contributed by atoms with van der Waals surface area (Å²) in [6.07, 6.45) is 0. The predicted molar refractivity (Wildman–Crippen MR) is 172 cm³/mol. The highest BCUT2D eigenvalue weighted by Crippen LogP contribution is 2.45. The molecular formula is C36H21NS2. The minimum Gasteiger partial charge on any atom is -0.308 e. The molecule has 0 spiro atoms. The van der Waals surface area contributed by atoms with Crippen LogP contribution in [-0.4, -0.2) is 4.57 Å². The van der Waals surface area contributed by atoms with Crippen LogP contribution in [0.25, 0.3) is 79.0 Å². The van der Waals surface area contributed by atoms with Gasteiger partial charge >= 0.3 is 0 Å². The Morgan fingerprint density at radius 3 is 2.03 bits per heavy atom. The summed E-state index contributed by atoms with van der Waals surface area (Å²) >= 11 is 3.79. The third-order valence-corrected chi connectivity index (χ3v) is 10.3. The van der Waals surface area contributed by atoms with Crippen molar-refractivity contribution < 1.29 is 0 Å². The van der Waals surface area contributed by atoms with Crippen LogP contribution in [0.4, 0.5) is 0 Å². The number of hydrogen-bond donors (Lipinski definition) is 0. The molecule has 39 heavy (non-hydrogen) atoms. The second-order valence-corrected chi connectivity index (χ2v) is 12.3. The van der Waals surface area contributed by atoms with Crippen LogP contribution in [-0.2, 0) is 0 Å². The summed E-state index contributed by atoms with van der Waals surface area (Å²) < 4.78 is 7.83. The van der Waals surface area contributed by atoms with Gasteiger partial charge in [-0.2, -0.15) is 0 Å². The molecule has 0 N–H and O–H groups in total. The van der Waals surface area contributed by atoms with Gasteiger partial charge in [0.15, 0.2) is 0 Å². The summed E-state index contributed by atoms with van der Waals surface area (Å²) in [5.41, 5.74) is 6.29. The molecule has 1 nitrogen and oxygen atoms in total. The molecule has 0 unspecified atom stereocenters. The van der Waals surface area contributed by atoms with E-state index in [2.05, 4.69) is 132 Å². The second kappa shape index (κ2) is 8.03. The Labute approximate surface area is 232 Å². The van der Waals surface area contributed by atoms with E-state index in [-0.39, 0.29) is 0 Å². The van der Waals surface area contributed by atoms with Gasteiger partial charge in [0.1, 0.15) is 0 Å². The fourth-order valence-corrected chi connectivity index (χ4v) is 8.47. The van der Waals surface area contributed by atoms with Crippen LogP contribution in [0.15, 0.2) is 127 Å². The van der Waals surface area contributed by atoms with Gasteiger partial charge in [-0.3, -0.25) is 0 Å². The summed E-state index contributed by atoms with van der Waals surface area (Å²) in [5, 5.41) is 7.88. The van der Waals surface area contributed by atoms with Gasteiger partial charge in [-0.25, -0.2) is 0 Å². The molecule has 0 radical (unpaired) electrons. The normalized spacial score (nSPS) is 12.1. The molecule has 0 saturated heterocycles. The number of benzene rings is 6. The Balaban J connectivity index is 1.35. The number of thiophene rings is 2. The van der Waals surface area contributed by atoms with E-state index in [4.69, 9.17) is 0 Å². The molecule has 0 bridgehead atoms. The molecule has 0 fully saturated rings. The van der Waals surface area contributed by atoms with Crippen LogP contribution < -0.4 is 0 Å². The van der Waals surface area contributed by atoms with Crippen LogP contribution in [0.3, 0.4) is 0 Å². The largest absolute Gasteiger partial charge is 0.308 e. The average molecular weight is 532 g/mol. The quantitative estimate of drug-likeness (QED) is 0.209. The maximum absolute atomic E-state index is 2.47. The summed E-state index contributed by atoms with van der Waals surface area (Å²) in [6.45, 7) is 0. The zero-order chi connectivity index (χ0) is 25.5. The summed E-state index contributed by atoms with van der Waals surface area (Å²) in [4.78, 5) is 0. The first-order chi connectivity index (χ1) is 19.3. The zero-order valence-electron chi connectivity index (χ0n) is 20.9. The van der Waals surface area contributed by atoms with Gasteiger partial charge in [0.25, 0.3) is 0 Å². The van der Waals surface area contributed by atoms with Crippen molar-refractivity contribution in [1.29, 1.82) is 0 Å². The van der Waals surface area contributed by atoms with E-state index in [1.54, 1.807) is 0 Å². The van der Waals surface area contributed by atoms with Crippen molar-refractivity contribution in [2.24, 2.45) is 0 Å². The lowest BCUT2D eigenvalue weighted by atomic mass is 10.0. The predicted octanol–water partition coefficient (Wildman–Crippen LogP) is 11.2. The maximum atomic E-state index is 2.47. The fraction of sp³-hybridized carbons (Fsp3) is 0. The minimum absolute atomic E-state index is 1.20. The van der Waals surface area contributed by atoms with Gasteiger partial charge in [-0.15, -0.1) is 22.7 Å². The molecule has 3 aromatic heterocycles. The number of hydrogen-bond acceptors (Lipinski definition) is 2. The Morgan fingerprint density at radius 2 is 1.13 bits per heavy atom. The lowest BCUT2D eigenvalue weighted by Crippen LogP contribution is -1.93. The third-order valence-electron chi connectivity index (χ3n) is 7.96. The molecule has 182 valence electrons. The Bertz CT molecular complexity index is 2390. The first-order valence-corrected chi connectivity index (χ1v) is 14.8. The van der Waals surface area contributed by atoms with E-state index in [1.807, 2.05) is 22.7 Å². The third kappa shape index (κ3) is 3.12.